The van der Waals surface area contributed by atoms with E-state index in [-0.39, 0.29) is 5.60 Å². The van der Waals surface area contributed by atoms with Crippen molar-refractivity contribution in [1.29, 1.82) is 0 Å². The van der Waals surface area contributed by atoms with E-state index in [9.17, 15) is 0 Å². The number of nitrogens with zero attached hydrogens (tertiary/aromatic N) is 4. The number of hydrogen-bond donors (Lipinski definition) is 0. The first kappa shape index (κ1) is 8.37. The third kappa shape index (κ3) is 1.60. The first-order valence-corrected chi connectivity index (χ1v) is 4.30. The molecule has 1 saturated carbocycles. The summed E-state index contributed by atoms with van der Waals surface area (Å²) in [6, 6.07) is 0. The molecule has 0 saturated heterocycles. The summed E-state index contributed by atoms with van der Waals surface area (Å²) in [6.07, 6.45) is 8.25. The van der Waals surface area contributed by atoms with Gasteiger partial charge in [0, 0.05) is 7.11 Å². The molecule has 0 unspecified atom stereocenters. The van der Waals surface area contributed by atoms with Crippen molar-refractivity contribution in [3.63, 3.8) is 0 Å². The van der Waals surface area contributed by atoms with Crippen molar-refractivity contribution in [3.05, 3.63) is 12.7 Å². The van der Waals surface area contributed by atoms with E-state index in [1.807, 2.05) is 6.21 Å². The molecule has 0 atom stereocenters. The highest BCUT2D eigenvalue weighted by Gasteiger charge is 2.35. The van der Waals surface area contributed by atoms with E-state index in [1.165, 1.54) is 6.42 Å². The van der Waals surface area contributed by atoms with Gasteiger partial charge in [-0.2, -0.15) is 5.10 Å². The summed E-state index contributed by atoms with van der Waals surface area (Å²) in [5.41, 5.74) is -0.135. The summed E-state index contributed by atoms with van der Waals surface area (Å²) in [4.78, 5) is 0. The number of hydrogen-bond acceptors (Lipinski definition) is 4. The molecule has 5 nitrogen and oxygen atoms in total. The third-order valence-electron chi connectivity index (χ3n) is 2.44. The second-order valence-corrected chi connectivity index (χ2v) is 3.21. The Bertz CT molecular complexity index is 284. The van der Waals surface area contributed by atoms with Gasteiger partial charge in [0.15, 0.2) is 0 Å². The number of ether oxygens (including phenoxy) is 1. The summed E-state index contributed by atoms with van der Waals surface area (Å²) < 4.78 is 6.94. The van der Waals surface area contributed by atoms with Crippen molar-refractivity contribution in [2.24, 2.45) is 5.10 Å². The van der Waals surface area contributed by atoms with Gasteiger partial charge in [-0.15, -0.1) is 10.2 Å². The lowest BCUT2D eigenvalue weighted by atomic mass is 9.81. The fraction of sp³-hybridized carbons (Fsp3) is 0.625. The summed E-state index contributed by atoms with van der Waals surface area (Å²) in [6.45, 7) is 0. The standard InChI is InChI=1S/C8H12N4O/c1-13-8(3-2-4-8)5-11-12-6-9-10-7-12/h5-7H,2-4H2,1H3/b11-5+. The molecule has 0 N–H and O–H groups in total. The van der Waals surface area contributed by atoms with Crippen LogP contribution in [0.5, 0.6) is 0 Å². The number of methoxy groups -OCH3 is 1. The molecule has 2 rings (SSSR count). The second-order valence-electron chi connectivity index (χ2n) is 3.21. The summed E-state index contributed by atoms with van der Waals surface area (Å²) >= 11 is 0. The van der Waals surface area contributed by atoms with Crippen LogP contribution in [0.15, 0.2) is 17.8 Å². The molecule has 0 radical (unpaired) electrons. The molecule has 0 spiro atoms. The lowest BCUT2D eigenvalue weighted by Gasteiger charge is -2.36. The van der Waals surface area contributed by atoms with Crippen LogP contribution in [0.2, 0.25) is 0 Å². The van der Waals surface area contributed by atoms with Gasteiger partial charge in [-0.3, -0.25) is 0 Å². The van der Waals surface area contributed by atoms with Gasteiger partial charge in [0.25, 0.3) is 0 Å². The first-order valence-electron chi connectivity index (χ1n) is 4.30. The number of rotatable bonds is 3. The van der Waals surface area contributed by atoms with Crippen LogP contribution in [0, 0.1) is 0 Å². The van der Waals surface area contributed by atoms with Crippen LogP contribution in [0.3, 0.4) is 0 Å². The predicted molar refractivity (Wildman–Crippen MR) is 47.5 cm³/mol. The van der Waals surface area contributed by atoms with Gasteiger partial charge in [-0.1, -0.05) is 0 Å². The topological polar surface area (TPSA) is 52.3 Å². The Hall–Kier alpha value is -1.23. The molecule has 1 fully saturated rings. The summed E-state index contributed by atoms with van der Waals surface area (Å²) in [7, 11) is 1.72. The zero-order valence-electron chi connectivity index (χ0n) is 7.55. The fourth-order valence-corrected chi connectivity index (χ4v) is 1.34. The van der Waals surface area contributed by atoms with Crippen molar-refractivity contribution in [2.75, 3.05) is 7.11 Å². The Morgan fingerprint density at radius 1 is 1.46 bits per heavy atom. The quantitative estimate of drug-likeness (QED) is 0.643. The lowest BCUT2D eigenvalue weighted by Crippen LogP contribution is -2.40. The van der Waals surface area contributed by atoms with E-state index in [2.05, 4.69) is 15.3 Å². The van der Waals surface area contributed by atoms with Crippen molar-refractivity contribution < 1.29 is 4.74 Å². The predicted octanol–water partition coefficient (Wildman–Crippen LogP) is 0.681. The summed E-state index contributed by atoms with van der Waals surface area (Å²) in [5.74, 6) is 0. The van der Waals surface area contributed by atoms with Gasteiger partial charge in [0.1, 0.15) is 18.3 Å². The van der Waals surface area contributed by atoms with E-state index in [4.69, 9.17) is 4.74 Å². The Morgan fingerprint density at radius 3 is 2.62 bits per heavy atom. The van der Waals surface area contributed by atoms with Crippen LogP contribution >= 0.6 is 0 Å². The van der Waals surface area contributed by atoms with Crippen molar-refractivity contribution >= 4 is 6.21 Å². The largest absolute Gasteiger partial charge is 0.372 e. The maximum Gasteiger partial charge on any atom is 0.141 e. The average molecular weight is 180 g/mol. The minimum absolute atomic E-state index is 0.135. The second kappa shape index (κ2) is 3.26. The van der Waals surface area contributed by atoms with Crippen molar-refractivity contribution in [1.82, 2.24) is 14.9 Å². The van der Waals surface area contributed by atoms with E-state index >= 15 is 0 Å². The van der Waals surface area contributed by atoms with E-state index in [1.54, 1.807) is 24.4 Å². The maximum absolute atomic E-state index is 5.37. The molecular formula is C8H12N4O. The minimum Gasteiger partial charge on any atom is -0.372 e. The van der Waals surface area contributed by atoms with E-state index in [0.717, 1.165) is 12.8 Å². The Labute approximate surface area is 76.4 Å². The van der Waals surface area contributed by atoms with Crippen LogP contribution in [0.4, 0.5) is 0 Å². The van der Waals surface area contributed by atoms with Gasteiger partial charge in [0.2, 0.25) is 0 Å². The van der Waals surface area contributed by atoms with Crippen LogP contribution in [0.25, 0.3) is 0 Å². The third-order valence-corrected chi connectivity index (χ3v) is 2.44. The highest BCUT2D eigenvalue weighted by atomic mass is 16.5. The van der Waals surface area contributed by atoms with Crippen LogP contribution in [-0.2, 0) is 4.74 Å². The van der Waals surface area contributed by atoms with Crippen LogP contribution in [0.1, 0.15) is 19.3 Å². The maximum atomic E-state index is 5.37. The van der Waals surface area contributed by atoms with Gasteiger partial charge in [-0.25, -0.2) is 4.68 Å². The fourth-order valence-electron chi connectivity index (χ4n) is 1.34. The molecule has 1 aliphatic rings. The van der Waals surface area contributed by atoms with Crippen LogP contribution < -0.4 is 0 Å². The minimum atomic E-state index is -0.135. The molecule has 1 aromatic heterocycles. The molecular weight excluding hydrogens is 168 g/mol. The first-order chi connectivity index (χ1) is 6.35. The van der Waals surface area contributed by atoms with Crippen molar-refractivity contribution in [3.8, 4) is 0 Å². The van der Waals surface area contributed by atoms with Crippen LogP contribution in [-0.4, -0.2) is 33.8 Å². The van der Waals surface area contributed by atoms with Gasteiger partial charge in [-0.05, 0) is 19.3 Å². The molecule has 0 aromatic carbocycles. The molecule has 5 heteroatoms. The zero-order chi connectivity index (χ0) is 9.15. The zero-order valence-corrected chi connectivity index (χ0v) is 7.55. The molecule has 1 aromatic rings. The Balaban J connectivity index is 2.04. The Morgan fingerprint density at radius 2 is 2.15 bits per heavy atom. The highest BCUT2D eigenvalue weighted by Crippen LogP contribution is 2.33. The smallest absolute Gasteiger partial charge is 0.141 e. The van der Waals surface area contributed by atoms with E-state index in [0.29, 0.717) is 0 Å². The monoisotopic (exact) mass is 180 g/mol. The lowest BCUT2D eigenvalue weighted by molar-refractivity contribution is -0.00850. The average Bonchev–Trinajstić information content (AvgIpc) is 2.56. The summed E-state index contributed by atoms with van der Waals surface area (Å²) in [5, 5.41) is 11.5. The molecule has 1 heterocycles. The van der Waals surface area contributed by atoms with E-state index < -0.39 is 0 Å². The molecule has 70 valence electrons. The molecule has 0 amide bonds. The van der Waals surface area contributed by atoms with Crippen molar-refractivity contribution in [2.45, 2.75) is 24.9 Å². The van der Waals surface area contributed by atoms with Gasteiger partial charge >= 0.3 is 0 Å². The van der Waals surface area contributed by atoms with Gasteiger partial charge in [0.05, 0.1) is 6.21 Å². The highest BCUT2D eigenvalue weighted by molar-refractivity contribution is 5.69. The Kier molecular flexibility index (Phi) is 2.10. The molecule has 13 heavy (non-hydrogen) atoms. The SMILES string of the molecule is COC1(/C=N/n2cnnc2)CCC1. The molecule has 0 aliphatic heterocycles. The van der Waals surface area contributed by atoms with Gasteiger partial charge < -0.3 is 4.74 Å². The normalized spacial score (nSPS) is 20.4. The number of aromatic nitrogens is 3. The molecule has 0 bridgehead atoms. The molecule has 1 aliphatic carbocycles.